The summed E-state index contributed by atoms with van der Waals surface area (Å²) in [6, 6.07) is 0. The van der Waals surface area contributed by atoms with Crippen LogP contribution in [0.15, 0.2) is 0 Å². The van der Waals surface area contributed by atoms with E-state index in [0.717, 1.165) is 13.8 Å². The first kappa shape index (κ1) is 14.9. The number of hydrogen-bond acceptors (Lipinski definition) is 5. The van der Waals surface area contributed by atoms with Gasteiger partial charge in [0, 0.05) is 13.8 Å². The van der Waals surface area contributed by atoms with Crippen LogP contribution in [0.3, 0.4) is 0 Å². The molecule has 0 rings (SSSR count). The van der Waals surface area contributed by atoms with E-state index in [1.165, 1.54) is 0 Å². The van der Waals surface area contributed by atoms with Gasteiger partial charge < -0.3 is 11.9 Å². The molecular formula is C4H9CaO6P. The van der Waals surface area contributed by atoms with Crippen molar-refractivity contribution < 1.29 is 30.9 Å². The molecule has 0 aliphatic rings. The summed E-state index contributed by atoms with van der Waals surface area (Å²) in [7, 11) is -4.50. The van der Waals surface area contributed by atoms with Gasteiger partial charge in [-0.25, -0.2) is 4.57 Å². The van der Waals surface area contributed by atoms with E-state index in [2.05, 4.69) is 9.05 Å². The van der Waals surface area contributed by atoms with Crippen molar-refractivity contribution in [3.63, 3.8) is 0 Å². The van der Waals surface area contributed by atoms with Crippen molar-refractivity contribution in [3.8, 4) is 0 Å². The topological polar surface area (TPSA) is 89.9 Å². The third-order valence-electron chi connectivity index (χ3n) is 0.488. The summed E-state index contributed by atoms with van der Waals surface area (Å²) in [5.41, 5.74) is 0. The normalized spacial score (nSPS) is 9.58. The minimum Gasteiger partial charge on any atom is -1.00 e. The monoisotopic (exact) mass is 224 g/mol. The molecule has 0 bridgehead atoms. The predicted molar refractivity (Wildman–Crippen MR) is 41.3 cm³/mol. The summed E-state index contributed by atoms with van der Waals surface area (Å²) in [6.45, 7) is 1.85. The van der Waals surface area contributed by atoms with Crippen molar-refractivity contribution in [1.82, 2.24) is 0 Å². The largest absolute Gasteiger partial charge is 2.00 e. The second-order valence-corrected chi connectivity index (χ2v) is 2.94. The molecule has 1 N–H and O–H groups in total. The minimum absolute atomic E-state index is 0. The zero-order chi connectivity index (χ0) is 9.07. The van der Waals surface area contributed by atoms with Crippen LogP contribution < -0.4 is 0 Å². The number of phosphoric acid groups is 1. The molecule has 0 aliphatic heterocycles. The van der Waals surface area contributed by atoms with Crippen LogP contribution in [0.5, 0.6) is 0 Å². The third-order valence-corrected chi connectivity index (χ3v) is 1.46. The molecule has 0 spiro atoms. The fourth-order valence-electron chi connectivity index (χ4n) is 0.344. The summed E-state index contributed by atoms with van der Waals surface area (Å²) < 4.78 is 18.1. The zero-order valence-electron chi connectivity index (χ0n) is 8.64. The average Bonchev–Trinajstić information content (AvgIpc) is 1.53. The van der Waals surface area contributed by atoms with Gasteiger partial charge in [-0.2, -0.15) is 0 Å². The molecule has 0 aromatic rings. The van der Waals surface area contributed by atoms with Gasteiger partial charge in [0.15, 0.2) is 0 Å². The Hall–Kier alpha value is 0.390. The van der Waals surface area contributed by atoms with Crippen molar-refractivity contribution in [2.75, 3.05) is 0 Å². The standard InChI is InChI=1S/C4H7O6P.Ca.2H/c1-3(5)9-11(7,8)10-4(2)6;;;/h1-2H3,(H,7,8);;;/q;+2;2*-1. The van der Waals surface area contributed by atoms with Gasteiger partial charge in [-0.15, -0.1) is 0 Å². The van der Waals surface area contributed by atoms with E-state index < -0.39 is 19.8 Å². The number of hydrogen-bond donors (Lipinski definition) is 1. The Labute approximate surface area is 102 Å². The number of rotatable bonds is 2. The molecule has 0 saturated heterocycles. The first-order valence-electron chi connectivity index (χ1n) is 2.56. The Morgan fingerprint density at radius 3 is 1.67 bits per heavy atom. The average molecular weight is 224 g/mol. The quantitative estimate of drug-likeness (QED) is 0.526. The van der Waals surface area contributed by atoms with Crippen LogP contribution in [0, 0.1) is 0 Å². The molecule has 0 heterocycles. The first-order chi connectivity index (χ1) is 4.83. The van der Waals surface area contributed by atoms with E-state index in [4.69, 9.17) is 4.89 Å². The number of carbonyl (C=O) groups is 2. The molecule has 0 saturated carbocycles. The molecule has 0 fully saturated rings. The molecule has 0 aromatic heterocycles. The van der Waals surface area contributed by atoms with Gasteiger partial charge in [0.2, 0.25) is 0 Å². The Bertz CT molecular complexity index is 214. The van der Waals surface area contributed by atoms with Crippen LogP contribution in [0.1, 0.15) is 16.7 Å². The number of carbonyl (C=O) groups excluding carboxylic acids is 2. The predicted octanol–water partition coefficient (Wildman–Crippen LogP) is 0.0572. The summed E-state index contributed by atoms with van der Waals surface area (Å²) in [5, 5.41) is 0. The van der Waals surface area contributed by atoms with E-state index >= 15 is 0 Å². The van der Waals surface area contributed by atoms with Gasteiger partial charge in [0.1, 0.15) is 0 Å². The minimum atomic E-state index is -4.50. The Balaban J connectivity index is -0.000000167. The van der Waals surface area contributed by atoms with E-state index in [1.807, 2.05) is 0 Å². The Morgan fingerprint density at radius 2 is 1.50 bits per heavy atom. The van der Waals surface area contributed by atoms with Crippen LogP contribution in [-0.2, 0) is 23.2 Å². The van der Waals surface area contributed by atoms with Gasteiger partial charge in [0.05, 0.1) is 0 Å². The van der Waals surface area contributed by atoms with Crippen LogP contribution in [-0.4, -0.2) is 54.6 Å². The van der Waals surface area contributed by atoms with E-state index in [1.54, 1.807) is 0 Å². The van der Waals surface area contributed by atoms with Crippen LogP contribution in [0.2, 0.25) is 0 Å². The van der Waals surface area contributed by atoms with Gasteiger partial charge >= 0.3 is 57.5 Å². The van der Waals surface area contributed by atoms with Gasteiger partial charge in [0.25, 0.3) is 0 Å². The maximum Gasteiger partial charge on any atom is 2.00 e. The maximum atomic E-state index is 10.5. The molecule has 6 nitrogen and oxygen atoms in total. The van der Waals surface area contributed by atoms with Crippen LogP contribution in [0.4, 0.5) is 0 Å². The molecule has 0 aliphatic carbocycles. The van der Waals surface area contributed by atoms with Crippen molar-refractivity contribution in [1.29, 1.82) is 0 Å². The second kappa shape index (κ2) is 5.94. The summed E-state index contributed by atoms with van der Waals surface area (Å²) in [6.07, 6.45) is 0. The molecule has 0 atom stereocenters. The SMILES string of the molecule is CC(=O)OP(=O)(O)OC(C)=O.[Ca+2].[H-].[H-]. The van der Waals surface area contributed by atoms with E-state index in [0.29, 0.717) is 0 Å². The fourth-order valence-corrected chi connectivity index (χ4v) is 1.03. The molecule has 0 radical (unpaired) electrons. The second-order valence-electron chi connectivity index (χ2n) is 1.63. The summed E-state index contributed by atoms with van der Waals surface area (Å²) >= 11 is 0. The van der Waals surface area contributed by atoms with Crippen LogP contribution >= 0.6 is 7.82 Å². The van der Waals surface area contributed by atoms with E-state index in [-0.39, 0.29) is 40.6 Å². The van der Waals surface area contributed by atoms with Crippen molar-refractivity contribution >= 4 is 57.5 Å². The molecule has 68 valence electrons. The van der Waals surface area contributed by atoms with Crippen molar-refractivity contribution in [3.05, 3.63) is 0 Å². The van der Waals surface area contributed by atoms with Crippen LogP contribution in [0.25, 0.3) is 0 Å². The first-order valence-corrected chi connectivity index (χ1v) is 4.06. The van der Waals surface area contributed by atoms with Crippen molar-refractivity contribution in [2.45, 2.75) is 13.8 Å². The number of phosphoric ester groups is 1. The summed E-state index contributed by atoms with van der Waals surface area (Å²) in [4.78, 5) is 28.7. The molecule has 0 amide bonds. The Kier molecular flexibility index (Phi) is 7.37. The fraction of sp³-hybridized carbons (Fsp3) is 0.500. The molecule has 12 heavy (non-hydrogen) atoms. The van der Waals surface area contributed by atoms with Gasteiger partial charge in [-0.3, -0.25) is 14.5 Å². The molecule has 0 unspecified atom stereocenters. The molecular weight excluding hydrogens is 215 g/mol. The Morgan fingerprint density at radius 1 is 1.25 bits per heavy atom. The summed E-state index contributed by atoms with van der Waals surface area (Å²) in [5.74, 6) is -1.98. The molecule has 8 heteroatoms. The third kappa shape index (κ3) is 8.49. The maximum absolute atomic E-state index is 10.5. The smallest absolute Gasteiger partial charge is 1.00 e. The van der Waals surface area contributed by atoms with E-state index in [9.17, 15) is 14.2 Å². The van der Waals surface area contributed by atoms with Gasteiger partial charge in [-0.05, 0) is 0 Å². The van der Waals surface area contributed by atoms with Crippen molar-refractivity contribution in [2.24, 2.45) is 0 Å². The van der Waals surface area contributed by atoms with Gasteiger partial charge in [-0.1, -0.05) is 0 Å². The zero-order valence-corrected chi connectivity index (χ0v) is 9.75. The molecule has 0 aromatic carbocycles.